The zero-order valence-electron chi connectivity index (χ0n) is 25.7. The second kappa shape index (κ2) is 10.1. The standard InChI is InChI=1S/C38H37BrN4/c1-22-7-11-24(12-8-22)28-16-26-15-27-20-37(3,4)34(41-27)19-31-29(25-13-9-23(2)10-14-25)17-32(42-31)36(39)33-21-38(5,6)35(43-33)18-30(28)40-26/h7-19,40,42H,20-21H2,1-6H3. The Labute approximate surface area is 261 Å². The van der Waals surface area contributed by atoms with Gasteiger partial charge in [-0.3, -0.25) is 9.97 Å². The largest absolute Gasteiger partial charge is 0.355 e. The number of rotatable bonds is 2. The molecule has 7 rings (SSSR count). The fourth-order valence-electron chi connectivity index (χ4n) is 6.34. The minimum atomic E-state index is -0.119. The van der Waals surface area contributed by atoms with Crippen molar-refractivity contribution in [2.24, 2.45) is 0 Å². The molecule has 216 valence electrons. The van der Waals surface area contributed by atoms with E-state index in [2.05, 4.69) is 146 Å². The SMILES string of the molecule is Cc1ccc(-c2cc3cc4nc(cc5[nH]c(cc5-c5ccc(C)cc5)c(Br)c5nc(cc2[nH]3)C(C)(C)C5)C(C)(C)C4)cc1. The molecular weight excluding hydrogens is 592 g/mol. The highest BCUT2D eigenvalue weighted by atomic mass is 79.9. The summed E-state index contributed by atoms with van der Waals surface area (Å²) < 4.78 is 1.00. The molecule has 5 heteroatoms. The number of fused-ring (bicyclic) bond motifs is 8. The molecule has 2 aliphatic heterocycles. The average Bonchev–Trinajstić information content (AvgIpc) is 3.69. The lowest BCUT2D eigenvalue weighted by atomic mass is 9.86. The first kappa shape index (κ1) is 27.8. The van der Waals surface area contributed by atoms with Crippen LogP contribution in [-0.4, -0.2) is 19.9 Å². The molecule has 0 aliphatic carbocycles. The molecule has 2 aliphatic rings. The van der Waals surface area contributed by atoms with E-state index in [9.17, 15) is 0 Å². The second-order valence-corrected chi connectivity index (χ2v) is 14.4. The third kappa shape index (κ3) is 5.14. The molecule has 43 heavy (non-hydrogen) atoms. The van der Waals surface area contributed by atoms with Crippen LogP contribution in [0.3, 0.4) is 0 Å². The summed E-state index contributed by atoms with van der Waals surface area (Å²) in [6, 6.07) is 28.7. The predicted molar refractivity (Wildman–Crippen MR) is 183 cm³/mol. The van der Waals surface area contributed by atoms with Crippen LogP contribution >= 0.6 is 15.9 Å². The van der Waals surface area contributed by atoms with E-state index in [1.165, 1.54) is 27.8 Å². The van der Waals surface area contributed by atoms with Crippen LogP contribution in [0.4, 0.5) is 0 Å². The highest BCUT2D eigenvalue weighted by Crippen LogP contribution is 2.39. The van der Waals surface area contributed by atoms with Crippen molar-refractivity contribution in [3.8, 4) is 22.3 Å². The van der Waals surface area contributed by atoms with E-state index in [-0.39, 0.29) is 10.8 Å². The van der Waals surface area contributed by atoms with Gasteiger partial charge < -0.3 is 9.97 Å². The van der Waals surface area contributed by atoms with Crippen molar-refractivity contribution in [3.63, 3.8) is 0 Å². The normalized spacial score (nSPS) is 15.5. The van der Waals surface area contributed by atoms with E-state index >= 15 is 0 Å². The van der Waals surface area contributed by atoms with Crippen LogP contribution in [0, 0.1) is 13.8 Å². The summed E-state index contributed by atoms with van der Waals surface area (Å²) in [5.41, 5.74) is 15.5. The number of aryl methyl sites for hydroxylation is 2. The van der Waals surface area contributed by atoms with Crippen LogP contribution in [0.25, 0.3) is 44.3 Å². The number of nitrogens with one attached hydrogen (secondary N) is 2. The minimum Gasteiger partial charge on any atom is -0.355 e. The molecule has 4 nitrogen and oxygen atoms in total. The number of halogens is 1. The van der Waals surface area contributed by atoms with Gasteiger partial charge in [0.15, 0.2) is 0 Å². The van der Waals surface area contributed by atoms with Gasteiger partial charge in [-0.25, -0.2) is 0 Å². The molecule has 0 saturated carbocycles. The highest BCUT2D eigenvalue weighted by molar-refractivity contribution is 9.10. The van der Waals surface area contributed by atoms with E-state index in [0.29, 0.717) is 0 Å². The maximum absolute atomic E-state index is 5.25. The smallest absolute Gasteiger partial charge is 0.0626 e. The first-order chi connectivity index (χ1) is 20.4. The number of nitrogens with zero attached hydrogens (tertiary/aromatic N) is 2. The van der Waals surface area contributed by atoms with Gasteiger partial charge in [0.1, 0.15) is 0 Å². The lowest BCUT2D eigenvalue weighted by molar-refractivity contribution is 0.543. The van der Waals surface area contributed by atoms with Gasteiger partial charge in [-0.2, -0.15) is 0 Å². The molecule has 0 spiro atoms. The molecule has 2 aromatic carbocycles. The van der Waals surface area contributed by atoms with Crippen LogP contribution < -0.4 is 0 Å². The van der Waals surface area contributed by atoms with E-state index < -0.39 is 0 Å². The third-order valence-corrected chi connectivity index (χ3v) is 9.84. The van der Waals surface area contributed by atoms with Crippen LogP contribution in [0.1, 0.15) is 61.6 Å². The van der Waals surface area contributed by atoms with Crippen LogP contribution in [-0.2, 0) is 23.7 Å². The zero-order valence-corrected chi connectivity index (χ0v) is 27.3. The fraction of sp³-hybridized carbons (Fsp3) is 0.263. The molecule has 5 heterocycles. The fourth-order valence-corrected chi connectivity index (χ4v) is 6.78. The number of aromatic amines is 2. The molecule has 0 saturated heterocycles. The lowest BCUT2D eigenvalue weighted by Gasteiger charge is -2.16. The summed E-state index contributed by atoms with van der Waals surface area (Å²) in [5.74, 6) is 0. The first-order valence-corrected chi connectivity index (χ1v) is 15.8. The van der Waals surface area contributed by atoms with E-state index in [4.69, 9.17) is 9.97 Å². The summed E-state index contributed by atoms with van der Waals surface area (Å²) >= 11 is 3.98. The third-order valence-electron chi connectivity index (χ3n) is 8.96. The summed E-state index contributed by atoms with van der Waals surface area (Å²) in [7, 11) is 0. The molecule has 0 unspecified atom stereocenters. The van der Waals surface area contributed by atoms with Gasteiger partial charge in [-0.1, -0.05) is 87.4 Å². The molecule has 3 aromatic heterocycles. The monoisotopic (exact) mass is 628 g/mol. The van der Waals surface area contributed by atoms with Crippen molar-refractivity contribution >= 4 is 38.0 Å². The predicted octanol–water partition coefficient (Wildman–Crippen LogP) is 10.1. The second-order valence-electron chi connectivity index (χ2n) is 13.6. The average molecular weight is 630 g/mol. The van der Waals surface area contributed by atoms with Gasteiger partial charge in [-0.05, 0) is 71.2 Å². The highest BCUT2D eigenvalue weighted by Gasteiger charge is 2.31. The van der Waals surface area contributed by atoms with Crippen LogP contribution in [0.15, 0.2) is 83.3 Å². The van der Waals surface area contributed by atoms with Crippen LogP contribution in [0.2, 0.25) is 0 Å². The van der Waals surface area contributed by atoms with Crippen molar-refractivity contribution in [3.05, 3.63) is 117 Å². The number of H-pyrrole nitrogens is 2. The molecule has 0 fully saturated rings. The molecule has 0 radical (unpaired) electrons. The van der Waals surface area contributed by atoms with E-state index in [1.54, 1.807) is 0 Å². The maximum atomic E-state index is 5.25. The Morgan fingerprint density at radius 3 is 1.77 bits per heavy atom. The topological polar surface area (TPSA) is 57.4 Å². The van der Waals surface area contributed by atoms with Gasteiger partial charge >= 0.3 is 0 Å². The van der Waals surface area contributed by atoms with E-state index in [1.807, 2.05) is 0 Å². The van der Waals surface area contributed by atoms with Crippen LogP contribution in [0.5, 0.6) is 0 Å². The zero-order chi connectivity index (χ0) is 30.1. The quantitative estimate of drug-likeness (QED) is 0.204. The summed E-state index contributed by atoms with van der Waals surface area (Å²) in [4.78, 5) is 17.9. The molecular formula is C38H37BrN4. The lowest BCUT2D eigenvalue weighted by Crippen LogP contribution is -2.15. The van der Waals surface area contributed by atoms with Crippen molar-refractivity contribution in [1.29, 1.82) is 0 Å². The number of aromatic nitrogens is 4. The number of benzene rings is 2. The van der Waals surface area contributed by atoms with Crippen molar-refractivity contribution < 1.29 is 0 Å². The van der Waals surface area contributed by atoms with Gasteiger partial charge in [-0.15, -0.1) is 0 Å². The van der Waals surface area contributed by atoms with Gasteiger partial charge in [0.2, 0.25) is 0 Å². The van der Waals surface area contributed by atoms with E-state index in [0.717, 1.165) is 67.7 Å². The van der Waals surface area contributed by atoms with Crippen molar-refractivity contribution in [2.45, 2.75) is 65.2 Å². The summed E-state index contributed by atoms with van der Waals surface area (Å²) in [6.07, 6.45) is 1.71. The number of hydrogen-bond acceptors (Lipinski definition) is 2. The summed E-state index contributed by atoms with van der Waals surface area (Å²) in [6.45, 7) is 13.4. The van der Waals surface area contributed by atoms with Gasteiger partial charge in [0.25, 0.3) is 0 Å². The molecule has 5 aromatic rings. The minimum absolute atomic E-state index is 0.0963. The Balaban J connectivity index is 1.58. The van der Waals surface area contributed by atoms with Gasteiger partial charge in [0, 0.05) is 68.4 Å². The number of hydrogen-bond donors (Lipinski definition) is 2. The first-order valence-electron chi connectivity index (χ1n) is 15.0. The Morgan fingerprint density at radius 2 is 1.14 bits per heavy atom. The molecule has 0 amide bonds. The molecule has 0 atom stereocenters. The van der Waals surface area contributed by atoms with Gasteiger partial charge in [0.05, 0.1) is 15.7 Å². The Morgan fingerprint density at radius 1 is 0.605 bits per heavy atom. The maximum Gasteiger partial charge on any atom is 0.0626 e. The molecule has 2 N–H and O–H groups in total. The summed E-state index contributed by atoms with van der Waals surface area (Å²) in [5, 5.41) is 0. The van der Waals surface area contributed by atoms with Crippen molar-refractivity contribution in [1.82, 2.24) is 19.9 Å². The van der Waals surface area contributed by atoms with Crippen molar-refractivity contribution in [2.75, 3.05) is 0 Å². The molecule has 8 bridgehead atoms. The Bertz CT molecular complexity index is 2040. The Kier molecular flexibility index (Phi) is 6.51. The Hall–Kier alpha value is -3.96.